The van der Waals surface area contributed by atoms with Gasteiger partial charge in [0.15, 0.2) is 0 Å². The molecule has 1 unspecified atom stereocenters. The molecule has 3 aromatic rings. The zero-order valence-electron chi connectivity index (χ0n) is 15.8. The lowest BCUT2D eigenvalue weighted by atomic mass is 10.0. The Bertz CT molecular complexity index is 1120. The molecule has 148 valence electrons. The molecule has 0 saturated carbocycles. The summed E-state index contributed by atoms with van der Waals surface area (Å²) in [6.07, 6.45) is 0.888. The summed E-state index contributed by atoms with van der Waals surface area (Å²) in [6, 6.07) is 5.34. The summed E-state index contributed by atoms with van der Waals surface area (Å²) >= 11 is 13.4. The van der Waals surface area contributed by atoms with Crippen molar-refractivity contribution in [2.24, 2.45) is 0 Å². The van der Waals surface area contributed by atoms with Crippen molar-refractivity contribution in [1.29, 1.82) is 0 Å². The number of carbonyl (C=O) groups is 1. The summed E-state index contributed by atoms with van der Waals surface area (Å²) in [5, 5.41) is 11.0. The molecule has 0 fully saturated rings. The van der Waals surface area contributed by atoms with Crippen molar-refractivity contribution >= 4 is 50.7 Å². The van der Waals surface area contributed by atoms with Crippen LogP contribution in [-0.4, -0.2) is 20.6 Å². The van der Waals surface area contributed by atoms with Crippen molar-refractivity contribution in [3.63, 3.8) is 0 Å². The molecule has 8 heteroatoms. The van der Waals surface area contributed by atoms with Crippen LogP contribution in [0.5, 0.6) is 0 Å². The highest BCUT2D eigenvalue weighted by molar-refractivity contribution is 7.19. The molecule has 1 atom stereocenters. The maximum Gasteiger partial charge on any atom is 0.311 e. The fraction of sp³-hybridized carbons (Fsp3) is 0.350. The second-order valence-corrected chi connectivity index (χ2v) is 8.42. The molecule has 0 aliphatic heterocycles. The van der Waals surface area contributed by atoms with E-state index in [-0.39, 0.29) is 5.56 Å². The number of hydrogen-bond donors (Lipinski definition) is 1. The predicted octanol–water partition coefficient (Wildman–Crippen LogP) is 5.26. The molecule has 0 bridgehead atoms. The minimum Gasteiger partial charge on any atom is -0.481 e. The molecule has 0 amide bonds. The highest BCUT2D eigenvalue weighted by atomic mass is 35.5. The number of benzene rings is 1. The molecule has 0 aliphatic rings. The van der Waals surface area contributed by atoms with Crippen LogP contribution in [0.15, 0.2) is 23.0 Å². The number of hydrogen-bond acceptors (Lipinski definition) is 4. The first-order chi connectivity index (χ1) is 13.3. The van der Waals surface area contributed by atoms with Crippen LogP contribution < -0.4 is 5.56 Å². The summed E-state index contributed by atoms with van der Waals surface area (Å²) in [5.74, 6) is -0.897. The third-order valence-electron chi connectivity index (χ3n) is 4.85. The van der Waals surface area contributed by atoms with E-state index >= 15 is 0 Å². The van der Waals surface area contributed by atoms with E-state index in [1.165, 1.54) is 11.3 Å². The Labute approximate surface area is 176 Å². The lowest BCUT2D eigenvalue weighted by Crippen LogP contribution is -2.24. The topological polar surface area (TPSA) is 72.2 Å². The minimum absolute atomic E-state index is 0.136. The molecule has 0 spiro atoms. The van der Waals surface area contributed by atoms with E-state index in [0.29, 0.717) is 50.3 Å². The molecule has 3 rings (SSSR count). The normalized spacial score (nSPS) is 12.5. The van der Waals surface area contributed by atoms with E-state index in [2.05, 4.69) is 0 Å². The molecular weight excluding hydrogens is 419 g/mol. The first-order valence-electron chi connectivity index (χ1n) is 8.97. The Kier molecular flexibility index (Phi) is 6.12. The third-order valence-corrected chi connectivity index (χ3v) is 6.89. The molecule has 2 aromatic heterocycles. The average Bonchev–Trinajstić information content (AvgIpc) is 2.95. The zero-order chi connectivity index (χ0) is 20.6. The Hall–Kier alpha value is -1.89. The smallest absolute Gasteiger partial charge is 0.311 e. The van der Waals surface area contributed by atoms with E-state index in [1.54, 1.807) is 16.7 Å². The largest absolute Gasteiger partial charge is 0.481 e. The van der Waals surface area contributed by atoms with Crippen LogP contribution in [0.3, 0.4) is 0 Å². The third kappa shape index (κ3) is 3.69. The van der Waals surface area contributed by atoms with Crippen LogP contribution in [0, 0.1) is 6.92 Å². The zero-order valence-corrected chi connectivity index (χ0v) is 18.1. The summed E-state index contributed by atoms with van der Waals surface area (Å²) in [5.41, 5.74) is 1.48. The molecule has 0 radical (unpaired) electrons. The van der Waals surface area contributed by atoms with Crippen molar-refractivity contribution < 1.29 is 9.90 Å². The first-order valence-corrected chi connectivity index (χ1v) is 10.5. The van der Waals surface area contributed by atoms with Crippen LogP contribution >= 0.6 is 34.5 Å². The minimum atomic E-state index is -0.885. The number of thiophene rings is 1. The van der Waals surface area contributed by atoms with Gasteiger partial charge >= 0.3 is 5.97 Å². The van der Waals surface area contributed by atoms with Gasteiger partial charge in [-0.1, -0.05) is 36.2 Å². The summed E-state index contributed by atoms with van der Waals surface area (Å²) < 4.78 is 1.63. The van der Waals surface area contributed by atoms with Crippen LogP contribution in [-0.2, 0) is 17.8 Å². The number of carboxylic acids is 1. The van der Waals surface area contributed by atoms with Crippen molar-refractivity contribution in [2.45, 2.75) is 46.1 Å². The standard InChI is InChI=1S/C20H20Cl2N2O3S/c1-4-12(20(26)27)17-10(3)16-18(28-17)23-15(24(5-2)19(16)25)9-11-6-7-13(21)14(22)8-11/h6-8,12H,4-5,9H2,1-3H3,(H,26,27). The van der Waals surface area contributed by atoms with E-state index in [9.17, 15) is 14.7 Å². The van der Waals surface area contributed by atoms with Gasteiger partial charge in [0.2, 0.25) is 0 Å². The van der Waals surface area contributed by atoms with Gasteiger partial charge in [-0.05, 0) is 43.5 Å². The van der Waals surface area contributed by atoms with Crippen LogP contribution in [0.25, 0.3) is 10.2 Å². The molecule has 0 saturated heterocycles. The Morgan fingerprint density at radius 1 is 1.29 bits per heavy atom. The summed E-state index contributed by atoms with van der Waals surface area (Å²) in [7, 11) is 0. The van der Waals surface area contributed by atoms with Gasteiger partial charge < -0.3 is 5.11 Å². The van der Waals surface area contributed by atoms with E-state index in [0.717, 1.165) is 11.1 Å². The van der Waals surface area contributed by atoms with Crippen LogP contribution in [0.4, 0.5) is 0 Å². The molecule has 2 heterocycles. The number of aromatic nitrogens is 2. The fourth-order valence-corrected chi connectivity index (χ4v) is 5.06. The SMILES string of the molecule is CCC(C(=O)O)c1sc2nc(Cc3ccc(Cl)c(Cl)c3)n(CC)c(=O)c2c1C. The van der Waals surface area contributed by atoms with Gasteiger partial charge in [0.05, 0.1) is 21.3 Å². The maximum absolute atomic E-state index is 13.1. The average molecular weight is 439 g/mol. The molecule has 5 nitrogen and oxygen atoms in total. The van der Waals surface area contributed by atoms with Gasteiger partial charge in [-0.2, -0.15) is 0 Å². The summed E-state index contributed by atoms with van der Waals surface area (Å²) in [6.45, 7) is 6.00. The first kappa shape index (κ1) is 20.8. The van der Waals surface area contributed by atoms with Crippen LogP contribution in [0.1, 0.15) is 48.0 Å². The quantitative estimate of drug-likeness (QED) is 0.569. The predicted molar refractivity (Wildman–Crippen MR) is 114 cm³/mol. The molecule has 1 aromatic carbocycles. The van der Waals surface area contributed by atoms with Gasteiger partial charge in [0.25, 0.3) is 5.56 Å². The number of rotatable bonds is 6. The van der Waals surface area contributed by atoms with E-state index in [4.69, 9.17) is 28.2 Å². The maximum atomic E-state index is 13.1. The Balaban J connectivity index is 2.18. The Morgan fingerprint density at radius 3 is 2.57 bits per heavy atom. The molecular formula is C20H20Cl2N2O3S. The highest BCUT2D eigenvalue weighted by Gasteiger charge is 2.26. The van der Waals surface area contributed by atoms with Crippen molar-refractivity contribution in [1.82, 2.24) is 9.55 Å². The lowest BCUT2D eigenvalue weighted by Gasteiger charge is -2.11. The number of aliphatic carboxylic acids is 1. The molecule has 0 aliphatic carbocycles. The fourth-order valence-electron chi connectivity index (χ4n) is 3.37. The van der Waals surface area contributed by atoms with E-state index in [1.807, 2.05) is 26.8 Å². The molecule has 1 N–H and O–H groups in total. The van der Waals surface area contributed by atoms with Crippen molar-refractivity contribution in [3.05, 3.63) is 60.4 Å². The van der Waals surface area contributed by atoms with Gasteiger partial charge in [-0.15, -0.1) is 11.3 Å². The van der Waals surface area contributed by atoms with Gasteiger partial charge in [-0.25, -0.2) is 4.98 Å². The monoisotopic (exact) mass is 438 g/mol. The van der Waals surface area contributed by atoms with Crippen LogP contribution in [0.2, 0.25) is 10.0 Å². The second-order valence-electron chi connectivity index (χ2n) is 6.57. The summed E-state index contributed by atoms with van der Waals surface area (Å²) in [4.78, 5) is 30.8. The number of nitrogens with zero attached hydrogens (tertiary/aromatic N) is 2. The number of aryl methyl sites for hydroxylation is 1. The van der Waals surface area contributed by atoms with Gasteiger partial charge in [0, 0.05) is 17.8 Å². The van der Waals surface area contributed by atoms with Gasteiger partial charge in [-0.3, -0.25) is 14.2 Å². The number of halogens is 2. The number of fused-ring (bicyclic) bond motifs is 1. The van der Waals surface area contributed by atoms with Gasteiger partial charge in [0.1, 0.15) is 10.7 Å². The lowest BCUT2D eigenvalue weighted by molar-refractivity contribution is -0.138. The van der Waals surface area contributed by atoms with Crippen molar-refractivity contribution in [2.75, 3.05) is 0 Å². The Morgan fingerprint density at radius 2 is 2.00 bits per heavy atom. The van der Waals surface area contributed by atoms with Crippen molar-refractivity contribution in [3.8, 4) is 0 Å². The van der Waals surface area contributed by atoms with E-state index < -0.39 is 11.9 Å². The molecule has 28 heavy (non-hydrogen) atoms. The second kappa shape index (κ2) is 8.23. The number of carboxylic acid groups (broad SMARTS) is 1. The highest BCUT2D eigenvalue weighted by Crippen LogP contribution is 2.35.